The van der Waals surface area contributed by atoms with Crippen LogP contribution in [-0.2, 0) is 6.42 Å². The normalized spacial score (nSPS) is 28.6. The monoisotopic (exact) mass is 229 g/mol. The van der Waals surface area contributed by atoms with Crippen molar-refractivity contribution in [1.29, 1.82) is 0 Å². The molecule has 2 rings (SSSR count). The highest BCUT2D eigenvalue weighted by Crippen LogP contribution is 2.30. The third-order valence-electron chi connectivity index (χ3n) is 2.30. The van der Waals surface area contributed by atoms with Crippen molar-refractivity contribution in [2.24, 2.45) is 0 Å². The average molecular weight is 230 g/mol. The van der Waals surface area contributed by atoms with Gasteiger partial charge in [-0.15, -0.1) is 0 Å². The number of hydrogen-bond acceptors (Lipinski definition) is 2. The van der Waals surface area contributed by atoms with E-state index in [1.165, 1.54) is 5.56 Å². The fourth-order valence-corrected chi connectivity index (χ4v) is 2.23. The Balaban J connectivity index is 2.40. The molecule has 1 aromatic rings. The van der Waals surface area contributed by atoms with Gasteiger partial charge in [-0.25, -0.2) is 0 Å². The highest BCUT2D eigenvalue weighted by Gasteiger charge is 2.23. The van der Waals surface area contributed by atoms with Gasteiger partial charge in [0.05, 0.1) is 0 Å². The molecule has 1 N–H and O–H groups in total. The van der Waals surface area contributed by atoms with Gasteiger partial charge in [-0.05, 0) is 35.8 Å². The van der Waals surface area contributed by atoms with Crippen molar-refractivity contribution in [2.45, 2.75) is 32.4 Å². The van der Waals surface area contributed by atoms with Crippen molar-refractivity contribution in [3.63, 3.8) is 0 Å². The van der Waals surface area contributed by atoms with Crippen LogP contribution < -0.4 is 5.32 Å². The van der Waals surface area contributed by atoms with E-state index in [0.717, 1.165) is 16.9 Å². The molecule has 1 aliphatic heterocycles. The van der Waals surface area contributed by atoms with Crippen molar-refractivity contribution in [1.82, 2.24) is 5.32 Å². The molecule has 0 radical (unpaired) electrons. The van der Waals surface area contributed by atoms with Crippen molar-refractivity contribution in [2.75, 3.05) is 0 Å². The van der Waals surface area contributed by atoms with Gasteiger partial charge in [-0.1, -0.05) is 0 Å². The molecule has 2 nitrogen and oxygen atoms in total. The van der Waals surface area contributed by atoms with Crippen LogP contribution in [0.25, 0.3) is 0 Å². The molecule has 0 aromatic carbocycles. The quantitative estimate of drug-likeness (QED) is 0.741. The zero-order chi connectivity index (χ0) is 8.72. The van der Waals surface area contributed by atoms with Crippen LogP contribution in [0, 0.1) is 0 Å². The number of rotatable bonds is 0. The zero-order valence-corrected chi connectivity index (χ0v) is 8.81. The minimum Gasteiger partial charge on any atom is -0.454 e. The summed E-state index contributed by atoms with van der Waals surface area (Å²) in [4.78, 5) is 0. The van der Waals surface area contributed by atoms with Crippen LogP contribution in [0.15, 0.2) is 15.2 Å². The van der Waals surface area contributed by atoms with E-state index >= 15 is 0 Å². The molecular formula is C9H12BrNO. The minimum absolute atomic E-state index is 0.416. The van der Waals surface area contributed by atoms with Crippen LogP contribution in [0.3, 0.4) is 0 Å². The molecule has 12 heavy (non-hydrogen) atoms. The predicted molar refractivity (Wildman–Crippen MR) is 51.1 cm³/mol. The first-order valence-electron chi connectivity index (χ1n) is 4.21. The molecule has 1 aliphatic rings. The number of nitrogens with one attached hydrogen (secondary N) is 1. The first kappa shape index (κ1) is 8.32. The Hall–Kier alpha value is -0.280. The fraction of sp³-hybridized carbons (Fsp3) is 0.556. The van der Waals surface area contributed by atoms with E-state index < -0.39 is 0 Å². The largest absolute Gasteiger partial charge is 0.454 e. The first-order valence-corrected chi connectivity index (χ1v) is 5.00. The standard InChI is InChI=1S/C9H12BrNO/c1-5-3-8-7(6(2)11-5)4-9(10)12-8/h4-6,11H,3H2,1-2H3. The second-order valence-corrected chi connectivity index (χ2v) is 4.20. The summed E-state index contributed by atoms with van der Waals surface area (Å²) < 4.78 is 6.37. The summed E-state index contributed by atoms with van der Waals surface area (Å²) in [5, 5.41) is 3.47. The lowest BCUT2D eigenvalue weighted by atomic mass is 9.99. The summed E-state index contributed by atoms with van der Waals surface area (Å²) in [7, 11) is 0. The molecule has 0 saturated heterocycles. The minimum atomic E-state index is 0.416. The third kappa shape index (κ3) is 1.31. The Morgan fingerprint density at radius 2 is 2.33 bits per heavy atom. The molecule has 3 heteroatoms. The number of halogens is 1. The van der Waals surface area contributed by atoms with E-state index in [9.17, 15) is 0 Å². The molecule has 0 aliphatic carbocycles. The fourth-order valence-electron chi connectivity index (χ4n) is 1.79. The number of hydrogen-bond donors (Lipinski definition) is 1. The summed E-state index contributed by atoms with van der Waals surface area (Å²) in [5.74, 6) is 1.13. The van der Waals surface area contributed by atoms with Crippen LogP contribution in [0.5, 0.6) is 0 Å². The van der Waals surface area contributed by atoms with Gasteiger partial charge in [0.25, 0.3) is 0 Å². The Morgan fingerprint density at radius 3 is 3.08 bits per heavy atom. The molecule has 0 saturated carbocycles. The zero-order valence-electron chi connectivity index (χ0n) is 7.23. The highest BCUT2D eigenvalue weighted by atomic mass is 79.9. The Bertz CT molecular complexity index is 295. The van der Waals surface area contributed by atoms with Gasteiger partial charge in [0.2, 0.25) is 0 Å². The van der Waals surface area contributed by atoms with E-state index in [1.807, 2.05) is 0 Å². The maximum Gasteiger partial charge on any atom is 0.169 e. The average Bonchev–Trinajstić information content (AvgIpc) is 2.29. The van der Waals surface area contributed by atoms with Crippen molar-refractivity contribution >= 4 is 15.9 Å². The van der Waals surface area contributed by atoms with Gasteiger partial charge >= 0.3 is 0 Å². The van der Waals surface area contributed by atoms with Gasteiger partial charge in [0.15, 0.2) is 4.67 Å². The summed E-state index contributed by atoms with van der Waals surface area (Å²) in [6, 6.07) is 2.99. The van der Waals surface area contributed by atoms with Gasteiger partial charge in [-0.2, -0.15) is 0 Å². The van der Waals surface area contributed by atoms with Crippen LogP contribution in [0.1, 0.15) is 31.2 Å². The van der Waals surface area contributed by atoms with Gasteiger partial charge in [0, 0.05) is 24.1 Å². The maximum atomic E-state index is 5.52. The van der Waals surface area contributed by atoms with E-state index in [0.29, 0.717) is 12.1 Å². The van der Waals surface area contributed by atoms with Crippen molar-refractivity contribution in [3.8, 4) is 0 Å². The molecule has 66 valence electrons. The van der Waals surface area contributed by atoms with Crippen molar-refractivity contribution < 1.29 is 4.42 Å². The predicted octanol–water partition coefficient (Wildman–Crippen LogP) is 2.64. The summed E-state index contributed by atoms with van der Waals surface area (Å²) in [6.45, 7) is 4.34. The van der Waals surface area contributed by atoms with Crippen LogP contribution >= 0.6 is 15.9 Å². The maximum absolute atomic E-state index is 5.52. The second kappa shape index (κ2) is 2.89. The molecule has 0 amide bonds. The lowest BCUT2D eigenvalue weighted by Crippen LogP contribution is -2.35. The molecule has 2 heterocycles. The molecule has 2 unspecified atom stereocenters. The lowest BCUT2D eigenvalue weighted by Gasteiger charge is -2.24. The first-order chi connectivity index (χ1) is 5.66. The van der Waals surface area contributed by atoms with E-state index in [1.54, 1.807) is 0 Å². The number of furan rings is 1. The molecule has 0 spiro atoms. The Labute approximate surface area is 80.5 Å². The molecule has 1 aromatic heterocycles. The van der Waals surface area contributed by atoms with Crippen LogP contribution in [0.2, 0.25) is 0 Å². The van der Waals surface area contributed by atoms with E-state index in [-0.39, 0.29) is 0 Å². The van der Waals surface area contributed by atoms with Gasteiger partial charge < -0.3 is 9.73 Å². The van der Waals surface area contributed by atoms with Gasteiger partial charge in [0.1, 0.15) is 5.76 Å². The van der Waals surface area contributed by atoms with E-state index in [4.69, 9.17) is 4.42 Å². The summed E-state index contributed by atoms with van der Waals surface area (Å²) in [5.41, 5.74) is 1.29. The van der Waals surface area contributed by atoms with E-state index in [2.05, 4.69) is 41.2 Å². The van der Waals surface area contributed by atoms with Crippen LogP contribution in [-0.4, -0.2) is 6.04 Å². The third-order valence-corrected chi connectivity index (χ3v) is 2.70. The Morgan fingerprint density at radius 1 is 1.58 bits per heavy atom. The highest BCUT2D eigenvalue weighted by molar-refractivity contribution is 9.10. The molecule has 2 atom stereocenters. The molecular weight excluding hydrogens is 218 g/mol. The Kier molecular flexibility index (Phi) is 2.00. The smallest absolute Gasteiger partial charge is 0.169 e. The summed E-state index contributed by atoms with van der Waals surface area (Å²) in [6.07, 6.45) is 0.991. The molecule has 0 fully saturated rings. The number of fused-ring (bicyclic) bond motifs is 1. The lowest BCUT2D eigenvalue weighted by molar-refractivity contribution is 0.383. The summed E-state index contributed by atoms with van der Waals surface area (Å²) >= 11 is 3.35. The molecule has 0 bridgehead atoms. The van der Waals surface area contributed by atoms with Crippen LogP contribution in [0.4, 0.5) is 0 Å². The topological polar surface area (TPSA) is 25.2 Å². The van der Waals surface area contributed by atoms with Crippen molar-refractivity contribution in [3.05, 3.63) is 22.1 Å². The van der Waals surface area contributed by atoms with Gasteiger partial charge in [-0.3, -0.25) is 0 Å². The second-order valence-electron chi connectivity index (χ2n) is 3.42. The SMILES string of the molecule is CC1Cc2oc(Br)cc2C(C)N1.